The molecule has 0 radical (unpaired) electrons. The molecule has 1 fully saturated rings. The first-order chi connectivity index (χ1) is 6.65. The number of hydrogen-bond acceptors (Lipinski definition) is 4. The highest BCUT2D eigenvalue weighted by molar-refractivity contribution is 5.94. The molecule has 14 heavy (non-hydrogen) atoms. The average Bonchev–Trinajstić information content (AvgIpc) is 2.18. The van der Waals surface area contributed by atoms with E-state index in [0.717, 1.165) is 13.1 Å². The molecule has 5 heteroatoms. The first-order valence-corrected chi connectivity index (χ1v) is 4.72. The lowest BCUT2D eigenvalue weighted by Gasteiger charge is -2.33. The summed E-state index contributed by atoms with van der Waals surface area (Å²) < 4.78 is 4.44. The summed E-state index contributed by atoms with van der Waals surface area (Å²) in [7, 11) is 1.29. The third-order valence-corrected chi connectivity index (χ3v) is 2.34. The second kappa shape index (κ2) is 4.95. The first-order valence-electron chi connectivity index (χ1n) is 4.72. The van der Waals surface area contributed by atoms with Crippen LogP contribution in [0.3, 0.4) is 0 Å². The average molecular weight is 200 g/mol. The highest BCUT2D eigenvalue weighted by Crippen LogP contribution is 2.05. The number of carbonyl (C=O) groups excluding carboxylic acids is 2. The van der Waals surface area contributed by atoms with Crippen LogP contribution in [0.5, 0.6) is 0 Å². The van der Waals surface area contributed by atoms with E-state index in [0.29, 0.717) is 6.54 Å². The summed E-state index contributed by atoms with van der Waals surface area (Å²) in [5.74, 6) is -0.619. The fraction of sp³-hybridized carbons (Fsp3) is 0.778. The molecule has 0 aromatic rings. The number of methoxy groups -OCH3 is 1. The molecule has 1 aliphatic heterocycles. The van der Waals surface area contributed by atoms with Gasteiger partial charge in [-0.1, -0.05) is 0 Å². The predicted octanol–water partition coefficient (Wildman–Crippen LogP) is -0.630. The predicted molar refractivity (Wildman–Crippen MR) is 50.7 cm³/mol. The minimum Gasteiger partial charge on any atom is -0.469 e. The summed E-state index contributed by atoms with van der Waals surface area (Å²) >= 11 is 0. The van der Waals surface area contributed by atoms with Gasteiger partial charge in [-0.25, -0.2) is 0 Å². The molecule has 1 heterocycles. The summed E-state index contributed by atoms with van der Waals surface area (Å²) in [4.78, 5) is 24.2. The number of amides is 1. The van der Waals surface area contributed by atoms with Crippen molar-refractivity contribution in [2.24, 2.45) is 0 Å². The van der Waals surface area contributed by atoms with Crippen LogP contribution in [-0.4, -0.2) is 49.6 Å². The number of piperazine rings is 1. The van der Waals surface area contributed by atoms with E-state index in [1.807, 2.05) is 6.92 Å². The van der Waals surface area contributed by atoms with E-state index >= 15 is 0 Å². The van der Waals surface area contributed by atoms with Crippen molar-refractivity contribution in [3.8, 4) is 0 Å². The van der Waals surface area contributed by atoms with E-state index in [1.54, 1.807) is 4.90 Å². The Labute approximate surface area is 83.4 Å². The van der Waals surface area contributed by atoms with Crippen molar-refractivity contribution in [2.75, 3.05) is 26.7 Å². The van der Waals surface area contributed by atoms with Crippen molar-refractivity contribution >= 4 is 11.9 Å². The molecule has 5 nitrogen and oxygen atoms in total. The molecule has 1 N–H and O–H groups in total. The van der Waals surface area contributed by atoms with Gasteiger partial charge >= 0.3 is 5.97 Å². The Hall–Kier alpha value is -1.10. The number of carbonyl (C=O) groups is 2. The minimum atomic E-state index is -0.472. The molecule has 0 spiro atoms. The van der Waals surface area contributed by atoms with Crippen LogP contribution in [0.1, 0.15) is 13.3 Å². The Kier molecular flexibility index (Phi) is 3.88. The Balaban J connectivity index is 2.46. The summed E-state index contributed by atoms with van der Waals surface area (Å²) in [6.07, 6.45) is -0.152. The van der Waals surface area contributed by atoms with Crippen molar-refractivity contribution in [2.45, 2.75) is 19.4 Å². The van der Waals surface area contributed by atoms with Crippen LogP contribution >= 0.6 is 0 Å². The Morgan fingerprint density at radius 2 is 2.29 bits per heavy atom. The topological polar surface area (TPSA) is 58.6 Å². The van der Waals surface area contributed by atoms with Gasteiger partial charge in [-0.15, -0.1) is 0 Å². The van der Waals surface area contributed by atoms with E-state index in [1.165, 1.54) is 7.11 Å². The van der Waals surface area contributed by atoms with Crippen LogP contribution in [0.2, 0.25) is 0 Å². The smallest absolute Gasteiger partial charge is 0.315 e. The van der Waals surface area contributed by atoms with Crippen LogP contribution in [-0.2, 0) is 14.3 Å². The van der Waals surface area contributed by atoms with Gasteiger partial charge in [-0.3, -0.25) is 9.59 Å². The normalized spacial score (nSPS) is 21.9. The molecule has 0 aliphatic carbocycles. The van der Waals surface area contributed by atoms with E-state index in [-0.39, 0.29) is 18.4 Å². The monoisotopic (exact) mass is 200 g/mol. The zero-order valence-corrected chi connectivity index (χ0v) is 8.58. The Bertz CT molecular complexity index is 230. The molecule has 1 atom stereocenters. The maximum atomic E-state index is 11.6. The van der Waals surface area contributed by atoms with Crippen molar-refractivity contribution < 1.29 is 14.3 Å². The summed E-state index contributed by atoms with van der Waals surface area (Å²) in [6, 6.07) is 0.154. The van der Waals surface area contributed by atoms with Gasteiger partial charge in [-0.05, 0) is 6.92 Å². The van der Waals surface area contributed by atoms with Gasteiger partial charge in [0.25, 0.3) is 0 Å². The standard InChI is InChI=1S/C9H16N2O3/c1-7-6-10-3-4-11(7)8(12)5-9(13)14-2/h7,10H,3-6H2,1-2H3. The van der Waals surface area contributed by atoms with Crippen LogP contribution in [0.25, 0.3) is 0 Å². The van der Waals surface area contributed by atoms with Crippen LogP contribution in [0, 0.1) is 0 Å². The molecule has 1 saturated heterocycles. The van der Waals surface area contributed by atoms with Crippen LogP contribution in [0.15, 0.2) is 0 Å². The van der Waals surface area contributed by atoms with E-state index in [9.17, 15) is 9.59 Å². The van der Waals surface area contributed by atoms with Gasteiger partial charge in [-0.2, -0.15) is 0 Å². The van der Waals surface area contributed by atoms with Gasteiger partial charge < -0.3 is 15.0 Å². The summed E-state index contributed by atoms with van der Waals surface area (Å²) in [6.45, 7) is 4.20. The zero-order valence-electron chi connectivity index (χ0n) is 8.58. The van der Waals surface area contributed by atoms with Crippen molar-refractivity contribution in [1.29, 1.82) is 0 Å². The van der Waals surface area contributed by atoms with Crippen LogP contribution in [0.4, 0.5) is 0 Å². The molecule has 1 aliphatic rings. The molecule has 80 valence electrons. The van der Waals surface area contributed by atoms with Gasteiger partial charge in [0.05, 0.1) is 7.11 Å². The zero-order chi connectivity index (χ0) is 10.6. The maximum absolute atomic E-state index is 11.6. The molecule has 1 unspecified atom stereocenters. The summed E-state index contributed by atoms with van der Waals surface area (Å²) in [5.41, 5.74) is 0. The lowest BCUT2D eigenvalue weighted by atomic mass is 10.2. The van der Waals surface area contributed by atoms with Gasteiger partial charge in [0.2, 0.25) is 5.91 Å². The van der Waals surface area contributed by atoms with Gasteiger partial charge in [0.15, 0.2) is 0 Å². The third-order valence-electron chi connectivity index (χ3n) is 2.34. The van der Waals surface area contributed by atoms with E-state index in [2.05, 4.69) is 10.1 Å². The molecular weight excluding hydrogens is 184 g/mol. The second-order valence-electron chi connectivity index (χ2n) is 3.39. The second-order valence-corrected chi connectivity index (χ2v) is 3.39. The number of nitrogens with zero attached hydrogens (tertiary/aromatic N) is 1. The molecule has 1 amide bonds. The van der Waals surface area contributed by atoms with Crippen molar-refractivity contribution in [3.05, 3.63) is 0 Å². The molecule has 0 saturated carbocycles. The maximum Gasteiger partial charge on any atom is 0.315 e. The first kappa shape index (κ1) is 11.0. The number of nitrogens with one attached hydrogen (secondary N) is 1. The SMILES string of the molecule is COC(=O)CC(=O)N1CCNCC1C. The fourth-order valence-electron chi connectivity index (χ4n) is 1.51. The van der Waals surface area contributed by atoms with E-state index < -0.39 is 5.97 Å². The Morgan fingerprint density at radius 1 is 1.57 bits per heavy atom. The van der Waals surface area contributed by atoms with Crippen LogP contribution < -0.4 is 5.32 Å². The lowest BCUT2D eigenvalue weighted by Crippen LogP contribution is -2.52. The van der Waals surface area contributed by atoms with Gasteiger partial charge in [0, 0.05) is 25.7 Å². The third kappa shape index (κ3) is 2.70. The minimum absolute atomic E-state index is 0.147. The number of esters is 1. The quantitative estimate of drug-likeness (QED) is 0.476. The number of hydrogen-bond donors (Lipinski definition) is 1. The number of rotatable bonds is 2. The molecule has 0 bridgehead atoms. The highest BCUT2D eigenvalue weighted by atomic mass is 16.5. The van der Waals surface area contributed by atoms with Gasteiger partial charge in [0.1, 0.15) is 6.42 Å². The molecule has 0 aromatic carbocycles. The Morgan fingerprint density at radius 3 is 2.86 bits per heavy atom. The highest BCUT2D eigenvalue weighted by Gasteiger charge is 2.24. The molecule has 1 rings (SSSR count). The summed E-state index contributed by atoms with van der Waals surface area (Å²) in [5, 5.41) is 3.18. The van der Waals surface area contributed by atoms with Crippen molar-refractivity contribution in [3.63, 3.8) is 0 Å². The number of ether oxygens (including phenoxy) is 1. The largest absolute Gasteiger partial charge is 0.469 e. The fourth-order valence-corrected chi connectivity index (χ4v) is 1.51. The molecule has 0 aromatic heterocycles. The van der Waals surface area contributed by atoms with Crippen molar-refractivity contribution in [1.82, 2.24) is 10.2 Å². The van der Waals surface area contributed by atoms with E-state index in [4.69, 9.17) is 0 Å². The lowest BCUT2D eigenvalue weighted by molar-refractivity contribution is -0.147. The molecular formula is C9H16N2O3.